The summed E-state index contributed by atoms with van der Waals surface area (Å²) in [5.74, 6) is 0. The molecule has 1 unspecified atom stereocenters. The number of benzene rings is 1. The third-order valence-corrected chi connectivity index (χ3v) is 2.93. The highest BCUT2D eigenvalue weighted by Gasteiger charge is 2.19. The first-order valence-corrected chi connectivity index (χ1v) is 5.69. The van der Waals surface area contributed by atoms with Crippen LogP contribution in [-0.4, -0.2) is 25.7 Å². The van der Waals surface area contributed by atoms with Crippen LogP contribution in [0.4, 0.5) is 5.69 Å². The quantitative estimate of drug-likeness (QED) is 0.824. The Morgan fingerprint density at radius 1 is 1.41 bits per heavy atom. The molecule has 0 saturated carbocycles. The van der Waals surface area contributed by atoms with Crippen molar-refractivity contribution in [3.8, 4) is 12.1 Å². The van der Waals surface area contributed by atoms with E-state index in [1.54, 1.807) is 6.07 Å². The van der Waals surface area contributed by atoms with E-state index in [0.717, 1.165) is 25.3 Å². The second-order valence-electron chi connectivity index (χ2n) is 4.12. The summed E-state index contributed by atoms with van der Waals surface area (Å²) in [7, 11) is 0. The molecule has 0 spiro atoms. The lowest BCUT2D eigenvalue weighted by Crippen LogP contribution is -2.50. The molecule has 86 valence electrons. The Hall–Kier alpha value is -2.04. The van der Waals surface area contributed by atoms with Crippen molar-refractivity contribution in [1.82, 2.24) is 5.32 Å². The van der Waals surface area contributed by atoms with Crippen LogP contribution in [0.25, 0.3) is 0 Å². The second-order valence-corrected chi connectivity index (χ2v) is 4.12. The SMILES string of the molecule is N#CCC1CN(c2cccc(C#N)c2)CCN1. The highest BCUT2D eigenvalue weighted by atomic mass is 15.2. The smallest absolute Gasteiger partial charge is 0.0992 e. The van der Waals surface area contributed by atoms with Gasteiger partial charge in [0.25, 0.3) is 0 Å². The van der Waals surface area contributed by atoms with Crippen LogP contribution < -0.4 is 10.2 Å². The Kier molecular flexibility index (Phi) is 3.59. The molecule has 1 aromatic carbocycles. The molecule has 1 atom stereocenters. The van der Waals surface area contributed by atoms with E-state index < -0.39 is 0 Å². The molecule has 0 radical (unpaired) electrons. The van der Waals surface area contributed by atoms with Crippen molar-refractivity contribution in [2.75, 3.05) is 24.5 Å². The van der Waals surface area contributed by atoms with Gasteiger partial charge in [-0.2, -0.15) is 10.5 Å². The minimum atomic E-state index is 0.222. The van der Waals surface area contributed by atoms with Crippen molar-refractivity contribution in [3.05, 3.63) is 29.8 Å². The van der Waals surface area contributed by atoms with Crippen molar-refractivity contribution in [3.63, 3.8) is 0 Å². The zero-order valence-electron chi connectivity index (χ0n) is 9.56. The number of anilines is 1. The van der Waals surface area contributed by atoms with Crippen LogP contribution in [0.15, 0.2) is 24.3 Å². The first-order chi connectivity index (χ1) is 8.33. The lowest BCUT2D eigenvalue weighted by Gasteiger charge is -2.34. The van der Waals surface area contributed by atoms with E-state index in [1.165, 1.54) is 0 Å². The number of nitrogens with zero attached hydrogens (tertiary/aromatic N) is 3. The van der Waals surface area contributed by atoms with E-state index in [4.69, 9.17) is 10.5 Å². The van der Waals surface area contributed by atoms with E-state index in [2.05, 4.69) is 22.4 Å². The van der Waals surface area contributed by atoms with Crippen LogP contribution in [0.2, 0.25) is 0 Å². The van der Waals surface area contributed by atoms with Gasteiger partial charge in [0.05, 0.1) is 24.1 Å². The van der Waals surface area contributed by atoms with Gasteiger partial charge in [-0.1, -0.05) is 6.07 Å². The monoisotopic (exact) mass is 226 g/mol. The normalized spacial score (nSPS) is 19.4. The minimum absolute atomic E-state index is 0.222. The fourth-order valence-corrected chi connectivity index (χ4v) is 2.08. The highest BCUT2D eigenvalue weighted by molar-refractivity contribution is 5.52. The summed E-state index contributed by atoms with van der Waals surface area (Å²) in [5.41, 5.74) is 1.74. The number of hydrogen-bond acceptors (Lipinski definition) is 4. The molecule has 1 saturated heterocycles. The van der Waals surface area contributed by atoms with Gasteiger partial charge in [0, 0.05) is 31.4 Å². The van der Waals surface area contributed by atoms with Gasteiger partial charge in [-0.15, -0.1) is 0 Å². The van der Waals surface area contributed by atoms with Crippen LogP contribution in [0.1, 0.15) is 12.0 Å². The molecule has 2 rings (SSSR count). The number of nitriles is 2. The lowest BCUT2D eigenvalue weighted by molar-refractivity contribution is 0.463. The number of hydrogen-bond donors (Lipinski definition) is 1. The fourth-order valence-electron chi connectivity index (χ4n) is 2.08. The maximum absolute atomic E-state index is 8.87. The molecule has 1 aliphatic rings. The molecule has 0 amide bonds. The van der Waals surface area contributed by atoms with E-state index >= 15 is 0 Å². The van der Waals surface area contributed by atoms with Gasteiger partial charge in [-0.05, 0) is 18.2 Å². The Bertz CT molecular complexity index is 469. The molecule has 0 bridgehead atoms. The maximum Gasteiger partial charge on any atom is 0.0992 e. The zero-order chi connectivity index (χ0) is 12.1. The van der Waals surface area contributed by atoms with Gasteiger partial charge in [0.2, 0.25) is 0 Å². The predicted octanol–water partition coefficient (Wildman–Crippen LogP) is 1.25. The summed E-state index contributed by atoms with van der Waals surface area (Å²) in [5, 5.41) is 20.9. The third kappa shape index (κ3) is 2.75. The first-order valence-electron chi connectivity index (χ1n) is 5.69. The summed E-state index contributed by atoms with van der Waals surface area (Å²) in [4.78, 5) is 2.22. The van der Waals surface area contributed by atoms with Gasteiger partial charge >= 0.3 is 0 Å². The molecule has 4 heteroatoms. The standard InChI is InChI=1S/C13H14N4/c14-5-4-12-10-17(7-6-16-12)13-3-1-2-11(8-13)9-15/h1-3,8,12,16H,4,6-7,10H2. The Morgan fingerprint density at radius 3 is 3.06 bits per heavy atom. The molecule has 1 aliphatic heterocycles. The highest BCUT2D eigenvalue weighted by Crippen LogP contribution is 2.18. The van der Waals surface area contributed by atoms with E-state index in [0.29, 0.717) is 12.0 Å². The summed E-state index contributed by atoms with van der Waals surface area (Å²) >= 11 is 0. The van der Waals surface area contributed by atoms with Crippen LogP contribution in [0.5, 0.6) is 0 Å². The second kappa shape index (κ2) is 5.34. The molecular weight excluding hydrogens is 212 g/mol. The summed E-state index contributed by atoms with van der Waals surface area (Å²) < 4.78 is 0. The molecule has 1 fully saturated rings. The van der Waals surface area contributed by atoms with Crippen LogP contribution in [-0.2, 0) is 0 Å². The average molecular weight is 226 g/mol. The largest absolute Gasteiger partial charge is 0.369 e. The van der Waals surface area contributed by atoms with Crippen molar-refractivity contribution in [2.45, 2.75) is 12.5 Å². The average Bonchev–Trinajstić information content (AvgIpc) is 2.40. The van der Waals surface area contributed by atoms with Gasteiger partial charge in [0.1, 0.15) is 0 Å². The van der Waals surface area contributed by atoms with E-state index in [1.807, 2.05) is 18.2 Å². The zero-order valence-corrected chi connectivity index (χ0v) is 9.56. The first kappa shape index (κ1) is 11.4. The van der Waals surface area contributed by atoms with Crippen LogP contribution in [0.3, 0.4) is 0 Å². The van der Waals surface area contributed by atoms with Crippen LogP contribution >= 0.6 is 0 Å². The fraction of sp³-hybridized carbons (Fsp3) is 0.385. The van der Waals surface area contributed by atoms with Gasteiger partial charge in [-0.3, -0.25) is 0 Å². The van der Waals surface area contributed by atoms with Crippen molar-refractivity contribution >= 4 is 5.69 Å². The number of rotatable bonds is 2. The van der Waals surface area contributed by atoms with Crippen molar-refractivity contribution in [1.29, 1.82) is 10.5 Å². The van der Waals surface area contributed by atoms with Crippen LogP contribution in [0, 0.1) is 22.7 Å². The molecule has 0 aromatic heterocycles. The summed E-state index contributed by atoms with van der Waals surface area (Å²) in [6.45, 7) is 2.61. The van der Waals surface area contributed by atoms with Crippen molar-refractivity contribution < 1.29 is 0 Å². The molecule has 1 heterocycles. The number of piperazine rings is 1. The van der Waals surface area contributed by atoms with Gasteiger partial charge < -0.3 is 10.2 Å². The minimum Gasteiger partial charge on any atom is -0.369 e. The molecule has 1 aromatic rings. The maximum atomic E-state index is 8.87. The Morgan fingerprint density at radius 2 is 2.29 bits per heavy atom. The van der Waals surface area contributed by atoms with E-state index in [-0.39, 0.29) is 6.04 Å². The molecule has 0 aliphatic carbocycles. The van der Waals surface area contributed by atoms with Gasteiger partial charge in [-0.25, -0.2) is 0 Å². The third-order valence-electron chi connectivity index (χ3n) is 2.93. The molecule has 1 N–H and O–H groups in total. The van der Waals surface area contributed by atoms with Gasteiger partial charge in [0.15, 0.2) is 0 Å². The molecule has 17 heavy (non-hydrogen) atoms. The summed E-state index contributed by atoms with van der Waals surface area (Å²) in [6, 6.07) is 12.2. The van der Waals surface area contributed by atoms with E-state index in [9.17, 15) is 0 Å². The molecule has 4 nitrogen and oxygen atoms in total. The Labute approximate surface area is 101 Å². The molecular formula is C13H14N4. The predicted molar refractivity (Wildman–Crippen MR) is 65.4 cm³/mol. The number of nitrogens with one attached hydrogen (secondary N) is 1. The Balaban J connectivity index is 2.11. The topological polar surface area (TPSA) is 62.9 Å². The van der Waals surface area contributed by atoms with Crippen molar-refractivity contribution in [2.24, 2.45) is 0 Å². The lowest BCUT2D eigenvalue weighted by atomic mass is 10.1. The summed E-state index contributed by atoms with van der Waals surface area (Å²) in [6.07, 6.45) is 0.522.